The number of hydrogen-bond acceptors (Lipinski definition) is 6. The van der Waals surface area contributed by atoms with Gasteiger partial charge in [-0.25, -0.2) is 4.79 Å². The minimum atomic E-state index is -0.945. The number of carboxylic acid groups (broad SMARTS) is 1. The van der Waals surface area contributed by atoms with Crippen molar-refractivity contribution in [2.24, 2.45) is 0 Å². The molecule has 182 valence electrons. The molecule has 2 atom stereocenters. The van der Waals surface area contributed by atoms with Gasteiger partial charge >= 0.3 is 12.0 Å². The molecule has 1 heterocycles. The highest BCUT2D eigenvalue weighted by atomic mass is 16.5. The Morgan fingerprint density at radius 2 is 1.82 bits per heavy atom. The van der Waals surface area contributed by atoms with E-state index in [0.29, 0.717) is 31.8 Å². The molecule has 0 bridgehead atoms. The van der Waals surface area contributed by atoms with Gasteiger partial charge in [-0.1, -0.05) is 42.5 Å². The molecule has 0 radical (unpaired) electrons. The number of nitrogens with zero attached hydrogens (tertiary/aromatic N) is 1. The average Bonchev–Trinajstić information content (AvgIpc) is 2.87. The summed E-state index contributed by atoms with van der Waals surface area (Å²) >= 11 is 0. The van der Waals surface area contributed by atoms with E-state index in [9.17, 15) is 14.4 Å². The van der Waals surface area contributed by atoms with Crippen LogP contribution >= 0.6 is 0 Å². The Kier molecular flexibility index (Phi) is 9.42. The van der Waals surface area contributed by atoms with E-state index in [4.69, 9.17) is 9.84 Å². The first-order valence-corrected chi connectivity index (χ1v) is 11.5. The van der Waals surface area contributed by atoms with E-state index in [0.717, 1.165) is 11.1 Å². The molecular formula is C25H32N4O5. The fourth-order valence-electron chi connectivity index (χ4n) is 3.94. The molecule has 2 aromatic carbocycles. The quantitative estimate of drug-likeness (QED) is 0.397. The van der Waals surface area contributed by atoms with Crippen LogP contribution < -0.4 is 20.7 Å². The molecule has 9 heteroatoms. The van der Waals surface area contributed by atoms with Crippen molar-refractivity contribution in [3.8, 4) is 16.9 Å². The molecule has 0 saturated carbocycles. The lowest BCUT2D eigenvalue weighted by Crippen LogP contribution is -2.62. The number of benzene rings is 2. The van der Waals surface area contributed by atoms with E-state index < -0.39 is 18.1 Å². The molecule has 34 heavy (non-hydrogen) atoms. The number of ether oxygens (including phenoxy) is 1. The third-order valence-corrected chi connectivity index (χ3v) is 5.76. The highest BCUT2D eigenvalue weighted by molar-refractivity contribution is 5.92. The van der Waals surface area contributed by atoms with Crippen molar-refractivity contribution < 1.29 is 24.2 Å². The number of aliphatic carboxylic acids is 1. The highest BCUT2D eigenvalue weighted by Crippen LogP contribution is 2.22. The minimum Gasteiger partial charge on any atom is -0.494 e. The zero-order valence-corrected chi connectivity index (χ0v) is 19.3. The van der Waals surface area contributed by atoms with E-state index in [1.54, 1.807) is 0 Å². The molecule has 1 saturated heterocycles. The van der Waals surface area contributed by atoms with Crippen LogP contribution in [-0.2, 0) is 9.59 Å². The third kappa shape index (κ3) is 7.03. The standard InChI is InChI=1S/C25H32N4O5/c1-26-25(33)29-15-14-27-17-22(29)24(32)21(28-13-11-23(30)31)12-16-34-20-9-7-19(8-10-20)18-5-3-2-4-6-18/h2-10,21-22,27-28H,11-17H2,1H3,(H,26,33)(H,30,31)/t21-,22-/m1/s1. The largest absolute Gasteiger partial charge is 0.494 e. The van der Waals surface area contributed by atoms with Gasteiger partial charge in [0.1, 0.15) is 11.8 Å². The van der Waals surface area contributed by atoms with Crippen LogP contribution in [0.5, 0.6) is 5.75 Å². The summed E-state index contributed by atoms with van der Waals surface area (Å²) < 4.78 is 5.87. The van der Waals surface area contributed by atoms with Crippen molar-refractivity contribution in [1.29, 1.82) is 0 Å². The van der Waals surface area contributed by atoms with Crippen LogP contribution in [0.1, 0.15) is 12.8 Å². The number of nitrogens with one attached hydrogen (secondary N) is 3. The van der Waals surface area contributed by atoms with Crippen LogP contribution in [0.4, 0.5) is 4.79 Å². The number of hydrogen-bond donors (Lipinski definition) is 4. The SMILES string of the molecule is CNC(=O)N1CCNC[C@@H]1C(=O)[C@@H](CCOc1ccc(-c2ccccc2)cc1)NCCC(=O)O. The average molecular weight is 469 g/mol. The Hall–Kier alpha value is -3.43. The molecule has 3 rings (SSSR count). The Morgan fingerprint density at radius 1 is 1.12 bits per heavy atom. The summed E-state index contributed by atoms with van der Waals surface area (Å²) in [6, 6.07) is 16.2. The third-order valence-electron chi connectivity index (χ3n) is 5.76. The van der Waals surface area contributed by atoms with Gasteiger partial charge in [0.2, 0.25) is 0 Å². The van der Waals surface area contributed by atoms with Crippen molar-refractivity contribution in [1.82, 2.24) is 20.9 Å². The van der Waals surface area contributed by atoms with Gasteiger partial charge in [0.25, 0.3) is 0 Å². The molecule has 1 fully saturated rings. The molecule has 0 aromatic heterocycles. The van der Waals surface area contributed by atoms with E-state index in [-0.39, 0.29) is 31.4 Å². The maximum atomic E-state index is 13.3. The minimum absolute atomic E-state index is 0.104. The number of carbonyl (C=O) groups excluding carboxylic acids is 2. The second-order valence-electron chi connectivity index (χ2n) is 8.05. The van der Waals surface area contributed by atoms with Crippen LogP contribution in [0.15, 0.2) is 54.6 Å². The van der Waals surface area contributed by atoms with E-state index in [1.807, 2.05) is 54.6 Å². The Labute approximate surface area is 199 Å². The second-order valence-corrected chi connectivity index (χ2v) is 8.05. The van der Waals surface area contributed by atoms with Crippen LogP contribution in [0.2, 0.25) is 0 Å². The summed E-state index contributed by atoms with van der Waals surface area (Å²) in [6.45, 7) is 1.79. The zero-order valence-electron chi connectivity index (χ0n) is 19.3. The molecule has 4 N–H and O–H groups in total. The van der Waals surface area contributed by atoms with E-state index in [1.165, 1.54) is 11.9 Å². The fraction of sp³-hybridized carbons (Fsp3) is 0.400. The first-order valence-electron chi connectivity index (χ1n) is 11.5. The highest BCUT2D eigenvalue weighted by Gasteiger charge is 2.35. The van der Waals surface area contributed by atoms with Gasteiger partial charge in [-0.3, -0.25) is 9.59 Å². The van der Waals surface area contributed by atoms with Crippen LogP contribution in [0.25, 0.3) is 11.1 Å². The molecule has 0 aliphatic carbocycles. The van der Waals surface area contributed by atoms with Gasteiger partial charge in [0, 0.05) is 39.6 Å². The number of carboxylic acids is 1. The number of Topliss-reactive ketones (excluding diaryl/α,β-unsaturated/α-hetero) is 1. The summed E-state index contributed by atoms with van der Waals surface area (Å²) in [5, 5.41) is 17.8. The number of rotatable bonds is 11. The molecule has 1 aliphatic heterocycles. The lowest BCUT2D eigenvalue weighted by molar-refractivity contribution is -0.137. The number of carbonyl (C=O) groups is 3. The number of urea groups is 1. The van der Waals surface area contributed by atoms with Gasteiger partial charge in [-0.05, 0) is 23.3 Å². The topological polar surface area (TPSA) is 120 Å². The molecule has 9 nitrogen and oxygen atoms in total. The number of ketones is 1. The molecule has 2 aromatic rings. The zero-order chi connectivity index (χ0) is 24.3. The lowest BCUT2D eigenvalue weighted by atomic mass is 9.99. The van der Waals surface area contributed by atoms with Gasteiger partial charge in [-0.2, -0.15) is 0 Å². The molecule has 0 spiro atoms. The predicted molar refractivity (Wildman–Crippen MR) is 129 cm³/mol. The number of piperazine rings is 1. The summed E-state index contributed by atoms with van der Waals surface area (Å²) in [6.07, 6.45) is 0.241. The molecule has 0 unspecified atom stereocenters. The van der Waals surface area contributed by atoms with E-state index >= 15 is 0 Å². The van der Waals surface area contributed by atoms with Gasteiger partial charge in [-0.15, -0.1) is 0 Å². The van der Waals surface area contributed by atoms with Crippen LogP contribution in [-0.4, -0.2) is 79.7 Å². The van der Waals surface area contributed by atoms with Gasteiger partial charge in [0.05, 0.1) is 19.1 Å². The smallest absolute Gasteiger partial charge is 0.317 e. The van der Waals surface area contributed by atoms with Crippen molar-refractivity contribution in [3.05, 3.63) is 54.6 Å². The predicted octanol–water partition coefficient (Wildman–Crippen LogP) is 1.74. The second kappa shape index (κ2) is 12.7. The van der Waals surface area contributed by atoms with Crippen LogP contribution in [0.3, 0.4) is 0 Å². The molecule has 1 aliphatic rings. The maximum Gasteiger partial charge on any atom is 0.317 e. The number of amides is 2. The maximum absolute atomic E-state index is 13.3. The summed E-state index contributed by atoms with van der Waals surface area (Å²) in [5.41, 5.74) is 2.19. The first-order chi connectivity index (χ1) is 16.5. The summed E-state index contributed by atoms with van der Waals surface area (Å²) in [4.78, 5) is 38.0. The Morgan fingerprint density at radius 3 is 2.50 bits per heavy atom. The van der Waals surface area contributed by atoms with Crippen molar-refractivity contribution in [3.63, 3.8) is 0 Å². The van der Waals surface area contributed by atoms with Gasteiger partial charge < -0.3 is 30.7 Å². The molecule has 2 amide bonds. The van der Waals surface area contributed by atoms with Crippen molar-refractivity contribution in [2.75, 3.05) is 39.8 Å². The van der Waals surface area contributed by atoms with Crippen LogP contribution in [0, 0.1) is 0 Å². The van der Waals surface area contributed by atoms with Gasteiger partial charge in [0.15, 0.2) is 5.78 Å². The molecular weight excluding hydrogens is 436 g/mol. The van der Waals surface area contributed by atoms with Crippen molar-refractivity contribution >= 4 is 17.8 Å². The Bertz CT molecular complexity index is 952. The Balaban J connectivity index is 1.61. The lowest BCUT2D eigenvalue weighted by Gasteiger charge is -2.36. The van der Waals surface area contributed by atoms with E-state index in [2.05, 4.69) is 16.0 Å². The fourth-order valence-corrected chi connectivity index (χ4v) is 3.94. The van der Waals surface area contributed by atoms with Crippen molar-refractivity contribution in [2.45, 2.75) is 24.9 Å². The summed E-state index contributed by atoms with van der Waals surface area (Å²) in [5.74, 6) is -0.424. The monoisotopic (exact) mass is 468 g/mol. The summed E-state index contributed by atoms with van der Waals surface area (Å²) in [7, 11) is 1.53. The first kappa shape index (κ1) is 25.2. The normalized spacial score (nSPS) is 16.5.